The van der Waals surface area contributed by atoms with Crippen molar-refractivity contribution in [1.29, 1.82) is 0 Å². The number of piperidine rings is 1. The molecule has 1 aromatic heterocycles. The van der Waals surface area contributed by atoms with Crippen molar-refractivity contribution in [3.05, 3.63) is 70.5 Å². The maximum atomic E-state index is 14.0. The first-order chi connectivity index (χ1) is 16.2. The van der Waals surface area contributed by atoms with Gasteiger partial charge in [-0.3, -0.25) is 9.78 Å². The average molecular weight is 522 g/mol. The highest BCUT2D eigenvalue weighted by atomic mass is 79.9. The maximum absolute atomic E-state index is 14.0. The van der Waals surface area contributed by atoms with E-state index in [1.54, 1.807) is 4.90 Å². The summed E-state index contributed by atoms with van der Waals surface area (Å²) in [7, 11) is 0. The molecule has 3 aromatic rings. The van der Waals surface area contributed by atoms with E-state index in [-0.39, 0.29) is 12.0 Å². The number of nitrogens with zero attached hydrogens (tertiary/aromatic N) is 3. The predicted molar refractivity (Wildman–Crippen MR) is 136 cm³/mol. The molecule has 2 amide bonds. The molecule has 5 rings (SSSR count). The van der Waals surface area contributed by atoms with Crippen LogP contribution >= 0.6 is 15.9 Å². The Morgan fingerprint density at radius 2 is 1.76 bits per heavy atom. The fourth-order valence-corrected chi connectivity index (χ4v) is 5.65. The highest BCUT2D eigenvalue weighted by Gasteiger charge is 2.52. The lowest BCUT2D eigenvalue weighted by Gasteiger charge is -2.38. The van der Waals surface area contributed by atoms with Gasteiger partial charge in [-0.05, 0) is 66.6 Å². The number of anilines is 1. The summed E-state index contributed by atoms with van der Waals surface area (Å²) in [6.45, 7) is 6.96. The van der Waals surface area contributed by atoms with Crippen molar-refractivity contribution in [2.45, 2.75) is 51.2 Å². The number of hydrogen-bond acceptors (Lipinski definition) is 4. The summed E-state index contributed by atoms with van der Waals surface area (Å²) >= 11 is 3.73. The summed E-state index contributed by atoms with van der Waals surface area (Å²) in [6, 6.07) is 16.1. The van der Waals surface area contributed by atoms with Gasteiger partial charge in [0.25, 0.3) is 0 Å². The van der Waals surface area contributed by atoms with Crippen LogP contribution in [0, 0.1) is 0 Å². The zero-order chi connectivity index (χ0) is 24.1. The highest BCUT2D eigenvalue weighted by Crippen LogP contribution is 2.48. The molecule has 3 heterocycles. The number of fused-ring (bicyclic) bond motifs is 3. The number of hydrogen-bond donors (Lipinski definition) is 0. The van der Waals surface area contributed by atoms with E-state index in [2.05, 4.69) is 33.0 Å². The minimum atomic E-state index is -0.627. The number of rotatable bonds is 2. The van der Waals surface area contributed by atoms with Crippen LogP contribution in [0.5, 0.6) is 0 Å². The lowest BCUT2D eigenvalue weighted by molar-refractivity contribution is -0.125. The number of pyridine rings is 1. The zero-order valence-corrected chi connectivity index (χ0v) is 21.3. The first-order valence-corrected chi connectivity index (χ1v) is 12.4. The second-order valence-electron chi connectivity index (χ2n) is 10.1. The van der Waals surface area contributed by atoms with Gasteiger partial charge in [0.1, 0.15) is 5.60 Å². The Kier molecular flexibility index (Phi) is 5.63. The molecule has 0 unspecified atom stereocenters. The van der Waals surface area contributed by atoms with E-state index in [0.717, 1.165) is 32.2 Å². The van der Waals surface area contributed by atoms with Gasteiger partial charge < -0.3 is 14.5 Å². The van der Waals surface area contributed by atoms with Gasteiger partial charge >= 0.3 is 6.09 Å². The smallest absolute Gasteiger partial charge is 0.410 e. The molecule has 1 fully saturated rings. The first kappa shape index (κ1) is 22.8. The zero-order valence-electron chi connectivity index (χ0n) is 19.7. The van der Waals surface area contributed by atoms with Crippen LogP contribution in [0.4, 0.5) is 10.5 Å². The molecular formula is C27H28BrN3O3. The van der Waals surface area contributed by atoms with Crippen molar-refractivity contribution in [3.8, 4) is 0 Å². The molecule has 176 valence electrons. The fourth-order valence-electron chi connectivity index (χ4n) is 5.06. The van der Waals surface area contributed by atoms with Crippen LogP contribution in [-0.4, -0.2) is 40.6 Å². The van der Waals surface area contributed by atoms with E-state index in [9.17, 15) is 9.59 Å². The van der Waals surface area contributed by atoms with Gasteiger partial charge in [-0.15, -0.1) is 0 Å². The standard InChI is InChI=1S/C27H28BrN3O3/c1-26(2,3)34-25(33)30-14-12-27(13-15-30)20-10-6-7-11-22(20)31(24(27)32)17-21-23(28)19-9-5-4-8-18(19)16-29-21/h4-11,16H,12-15,17H2,1-3H3. The Morgan fingerprint density at radius 3 is 2.50 bits per heavy atom. The van der Waals surface area contributed by atoms with Crippen LogP contribution in [0.2, 0.25) is 0 Å². The van der Waals surface area contributed by atoms with Gasteiger partial charge in [0.15, 0.2) is 0 Å². The molecule has 0 N–H and O–H groups in total. The average Bonchev–Trinajstić information content (AvgIpc) is 3.03. The number of carbonyl (C=O) groups is 2. The van der Waals surface area contributed by atoms with Crippen LogP contribution < -0.4 is 4.90 Å². The van der Waals surface area contributed by atoms with Crippen LogP contribution in [0.15, 0.2) is 59.2 Å². The normalized spacial score (nSPS) is 17.4. The lowest BCUT2D eigenvalue weighted by atomic mass is 9.73. The number of aromatic nitrogens is 1. The molecule has 0 bridgehead atoms. The van der Waals surface area contributed by atoms with E-state index < -0.39 is 11.0 Å². The molecule has 2 aliphatic rings. The molecule has 7 heteroatoms. The molecule has 34 heavy (non-hydrogen) atoms. The summed E-state index contributed by atoms with van der Waals surface area (Å²) in [4.78, 5) is 34.8. The van der Waals surface area contributed by atoms with Crippen molar-refractivity contribution in [3.63, 3.8) is 0 Å². The number of likely N-dealkylation sites (tertiary alicyclic amines) is 1. The number of carbonyl (C=O) groups excluding carboxylic acids is 2. The summed E-state index contributed by atoms with van der Waals surface area (Å²) in [6.07, 6.45) is 2.69. The minimum Gasteiger partial charge on any atom is -0.444 e. The Bertz CT molecular complexity index is 1280. The third-order valence-electron chi connectivity index (χ3n) is 6.75. The quantitative estimate of drug-likeness (QED) is 0.426. The summed E-state index contributed by atoms with van der Waals surface area (Å²) in [5.74, 6) is 0.0828. The van der Waals surface area contributed by atoms with E-state index in [1.165, 1.54) is 0 Å². The molecular weight excluding hydrogens is 494 g/mol. The van der Waals surface area contributed by atoms with E-state index in [0.29, 0.717) is 32.5 Å². The maximum Gasteiger partial charge on any atom is 0.410 e. The molecule has 6 nitrogen and oxygen atoms in total. The van der Waals surface area contributed by atoms with Gasteiger partial charge in [0, 0.05) is 34.8 Å². The second kappa shape index (κ2) is 8.38. The van der Waals surface area contributed by atoms with Crippen molar-refractivity contribution in [1.82, 2.24) is 9.88 Å². The van der Waals surface area contributed by atoms with Crippen LogP contribution in [0.1, 0.15) is 44.9 Å². The van der Waals surface area contributed by atoms with Gasteiger partial charge in [-0.25, -0.2) is 4.79 Å². The number of amides is 2. The first-order valence-electron chi connectivity index (χ1n) is 11.6. The molecule has 2 aromatic carbocycles. The van der Waals surface area contributed by atoms with Crippen molar-refractivity contribution in [2.75, 3.05) is 18.0 Å². The number of halogens is 1. The topological polar surface area (TPSA) is 62.7 Å². The van der Waals surface area contributed by atoms with E-state index >= 15 is 0 Å². The Morgan fingerprint density at radius 1 is 1.09 bits per heavy atom. The number of ether oxygens (including phenoxy) is 1. The molecule has 0 radical (unpaired) electrons. The fraction of sp³-hybridized carbons (Fsp3) is 0.370. The number of para-hydroxylation sites is 1. The molecule has 1 spiro atoms. The minimum absolute atomic E-state index is 0.0828. The van der Waals surface area contributed by atoms with E-state index in [1.807, 2.05) is 68.3 Å². The van der Waals surface area contributed by atoms with Gasteiger partial charge in [-0.2, -0.15) is 0 Å². The SMILES string of the molecule is CC(C)(C)OC(=O)N1CCC2(CC1)C(=O)N(Cc1ncc3ccccc3c1Br)c1ccccc12. The van der Waals surface area contributed by atoms with Crippen molar-refractivity contribution >= 4 is 44.4 Å². The third kappa shape index (κ3) is 3.86. The Hall–Kier alpha value is -2.93. The Balaban J connectivity index is 1.43. The third-order valence-corrected chi connectivity index (χ3v) is 7.64. The summed E-state index contributed by atoms with van der Waals surface area (Å²) in [5.41, 5.74) is 1.63. The lowest BCUT2D eigenvalue weighted by Crippen LogP contribution is -2.50. The number of benzene rings is 2. The van der Waals surface area contributed by atoms with Gasteiger partial charge in [-0.1, -0.05) is 42.5 Å². The summed E-state index contributed by atoms with van der Waals surface area (Å²) < 4.78 is 6.46. The molecule has 2 aliphatic heterocycles. The molecule has 1 saturated heterocycles. The van der Waals surface area contributed by atoms with Crippen molar-refractivity contribution < 1.29 is 14.3 Å². The largest absolute Gasteiger partial charge is 0.444 e. The second-order valence-corrected chi connectivity index (χ2v) is 10.9. The van der Waals surface area contributed by atoms with Crippen LogP contribution in [0.3, 0.4) is 0 Å². The Labute approximate surface area is 208 Å². The molecule has 0 saturated carbocycles. The highest BCUT2D eigenvalue weighted by molar-refractivity contribution is 9.10. The van der Waals surface area contributed by atoms with Gasteiger partial charge in [0.2, 0.25) is 5.91 Å². The van der Waals surface area contributed by atoms with Crippen LogP contribution in [-0.2, 0) is 21.5 Å². The van der Waals surface area contributed by atoms with Gasteiger partial charge in [0.05, 0.1) is 17.7 Å². The van der Waals surface area contributed by atoms with Crippen LogP contribution in [0.25, 0.3) is 10.8 Å². The van der Waals surface area contributed by atoms with Crippen molar-refractivity contribution in [2.24, 2.45) is 0 Å². The van der Waals surface area contributed by atoms with E-state index in [4.69, 9.17) is 4.74 Å². The predicted octanol–water partition coefficient (Wildman–Crippen LogP) is 5.81. The monoisotopic (exact) mass is 521 g/mol. The summed E-state index contributed by atoms with van der Waals surface area (Å²) in [5, 5.41) is 2.13. The molecule has 0 aliphatic carbocycles. The molecule has 0 atom stereocenters.